The van der Waals surface area contributed by atoms with Gasteiger partial charge in [-0.1, -0.05) is 78.9 Å². The third-order valence-corrected chi connectivity index (χ3v) is 10.2. The van der Waals surface area contributed by atoms with Crippen LogP contribution in [0.5, 0.6) is 0 Å². The van der Waals surface area contributed by atoms with Gasteiger partial charge >= 0.3 is 0 Å². The second kappa shape index (κ2) is 9.08. The Bertz CT molecular complexity index is 2900. The van der Waals surface area contributed by atoms with Crippen molar-refractivity contribution in [1.29, 1.82) is 0 Å². The van der Waals surface area contributed by atoms with Crippen molar-refractivity contribution in [3.8, 4) is 11.5 Å². The van der Waals surface area contributed by atoms with Gasteiger partial charge in [-0.15, -0.1) is 11.3 Å². The summed E-state index contributed by atoms with van der Waals surface area (Å²) < 4.78 is 6.47. The molecule has 6 heteroatoms. The van der Waals surface area contributed by atoms with E-state index in [2.05, 4.69) is 77.4 Å². The average Bonchev–Trinajstić information content (AvgIpc) is 3.66. The van der Waals surface area contributed by atoms with Crippen LogP contribution in [-0.4, -0.2) is 19.1 Å². The van der Waals surface area contributed by atoms with Gasteiger partial charge in [0.15, 0.2) is 0 Å². The Morgan fingerprint density at radius 2 is 1.24 bits per heavy atom. The summed E-state index contributed by atoms with van der Waals surface area (Å²) in [5.41, 5.74) is 4.37. The molecule has 0 radical (unpaired) electrons. The van der Waals surface area contributed by atoms with Crippen LogP contribution in [0.1, 0.15) is 0 Å². The van der Waals surface area contributed by atoms with Crippen LogP contribution in [-0.2, 0) is 0 Å². The molecule has 0 amide bonds. The molecule has 0 saturated heterocycles. The lowest BCUT2D eigenvalue weighted by atomic mass is 9.99. The first-order valence-electron chi connectivity index (χ1n) is 14.9. The van der Waals surface area contributed by atoms with Gasteiger partial charge in [-0.3, -0.25) is 18.9 Å². The van der Waals surface area contributed by atoms with Crippen molar-refractivity contribution in [3.63, 3.8) is 0 Å². The van der Waals surface area contributed by atoms with Crippen molar-refractivity contribution in [2.45, 2.75) is 0 Å². The Kier molecular flexibility index (Phi) is 4.96. The van der Waals surface area contributed by atoms with Crippen LogP contribution in [0, 0.1) is 0 Å². The van der Waals surface area contributed by atoms with Crippen LogP contribution in [0.2, 0.25) is 0 Å². The monoisotopic (exact) mass is 594 g/mol. The van der Waals surface area contributed by atoms with Crippen LogP contribution in [0.15, 0.2) is 139 Å². The lowest BCUT2D eigenvalue weighted by Gasteiger charge is -2.14. The maximum atomic E-state index is 14.4. The summed E-state index contributed by atoms with van der Waals surface area (Å²) in [7, 11) is 0. The summed E-state index contributed by atoms with van der Waals surface area (Å²) in [5, 5.41) is 8.64. The summed E-state index contributed by atoms with van der Waals surface area (Å²) in [6.07, 6.45) is 3.59. The fraction of sp³-hybridized carbons (Fsp3) is 0. The summed E-state index contributed by atoms with van der Waals surface area (Å²) in [6, 6.07) is 41.4. The first kappa shape index (κ1) is 24.6. The maximum absolute atomic E-state index is 14.4. The fourth-order valence-electron chi connectivity index (χ4n) is 7.14. The summed E-state index contributed by atoms with van der Waals surface area (Å²) in [6.45, 7) is 0. The minimum atomic E-state index is -0.0985. The van der Waals surface area contributed by atoms with E-state index in [-0.39, 0.29) is 5.56 Å². The predicted octanol–water partition coefficient (Wildman–Crippen LogP) is 9.55. The SMILES string of the molecule is O=c1c2cc(-n3c4ccccc4c4c5ccccc5c5c6ccccc6sc5c43)ncc2c2ncccc2n1-c1ccccc1. The lowest BCUT2D eigenvalue weighted by molar-refractivity contribution is 1.05. The van der Waals surface area contributed by atoms with Crippen molar-refractivity contribution in [3.05, 3.63) is 144 Å². The van der Waals surface area contributed by atoms with E-state index >= 15 is 0 Å². The smallest absolute Gasteiger partial charge is 0.263 e. The van der Waals surface area contributed by atoms with E-state index in [1.807, 2.05) is 66.1 Å². The van der Waals surface area contributed by atoms with Crippen LogP contribution >= 0.6 is 11.3 Å². The summed E-state index contributed by atoms with van der Waals surface area (Å²) in [4.78, 5) is 24.2. The highest BCUT2D eigenvalue weighted by molar-refractivity contribution is 7.27. The molecule has 0 fully saturated rings. The highest BCUT2D eigenvalue weighted by Gasteiger charge is 2.23. The molecule has 5 aromatic carbocycles. The normalized spacial score (nSPS) is 12.1. The highest BCUT2D eigenvalue weighted by Crippen LogP contribution is 2.47. The molecule has 5 heterocycles. The molecule has 5 nitrogen and oxygen atoms in total. The van der Waals surface area contributed by atoms with Gasteiger partial charge in [-0.2, -0.15) is 0 Å². The predicted molar refractivity (Wildman–Crippen MR) is 187 cm³/mol. The molecule has 10 aromatic rings. The van der Waals surface area contributed by atoms with Crippen molar-refractivity contribution in [2.24, 2.45) is 0 Å². The molecule has 0 saturated carbocycles. The number of thiophene rings is 1. The maximum Gasteiger partial charge on any atom is 0.263 e. The zero-order chi connectivity index (χ0) is 29.6. The molecule has 0 atom stereocenters. The number of hydrogen-bond donors (Lipinski definition) is 0. The number of nitrogens with zero attached hydrogens (tertiary/aromatic N) is 4. The molecule has 0 bridgehead atoms. The van der Waals surface area contributed by atoms with Crippen LogP contribution in [0.25, 0.3) is 86.1 Å². The molecule has 0 N–H and O–H groups in total. The molecule has 45 heavy (non-hydrogen) atoms. The van der Waals surface area contributed by atoms with Gasteiger partial charge in [0.2, 0.25) is 0 Å². The Labute approximate surface area is 259 Å². The van der Waals surface area contributed by atoms with Crippen molar-refractivity contribution < 1.29 is 0 Å². The van der Waals surface area contributed by atoms with Gasteiger partial charge in [0, 0.05) is 49.7 Å². The Morgan fingerprint density at radius 3 is 2.09 bits per heavy atom. The van der Waals surface area contributed by atoms with Crippen LogP contribution in [0.4, 0.5) is 0 Å². The Hall–Kier alpha value is -5.85. The number of fused-ring (bicyclic) bond motifs is 13. The summed E-state index contributed by atoms with van der Waals surface area (Å²) in [5.74, 6) is 0.703. The molecule has 10 rings (SSSR count). The van der Waals surface area contributed by atoms with Gasteiger partial charge in [0.1, 0.15) is 5.82 Å². The third kappa shape index (κ3) is 3.29. The van der Waals surface area contributed by atoms with Crippen molar-refractivity contribution >= 4 is 85.9 Å². The zero-order valence-electron chi connectivity index (χ0n) is 23.8. The molecule has 0 aliphatic carbocycles. The number of pyridine rings is 3. The van der Waals surface area contributed by atoms with E-state index in [0.29, 0.717) is 11.2 Å². The minimum Gasteiger partial charge on any atom is -0.292 e. The van der Waals surface area contributed by atoms with Gasteiger partial charge in [-0.05, 0) is 53.2 Å². The van der Waals surface area contributed by atoms with Crippen molar-refractivity contribution in [2.75, 3.05) is 0 Å². The molecule has 0 unspecified atom stereocenters. The van der Waals surface area contributed by atoms with E-state index in [9.17, 15) is 4.79 Å². The minimum absolute atomic E-state index is 0.0985. The molecular formula is C39H22N4OS. The Morgan fingerprint density at radius 1 is 0.556 bits per heavy atom. The first-order valence-corrected chi connectivity index (χ1v) is 15.7. The quantitative estimate of drug-likeness (QED) is 0.187. The zero-order valence-corrected chi connectivity index (χ0v) is 24.6. The van der Waals surface area contributed by atoms with Crippen LogP contribution < -0.4 is 5.56 Å². The van der Waals surface area contributed by atoms with E-state index in [1.54, 1.807) is 10.8 Å². The molecule has 0 aliphatic heterocycles. The number of hydrogen-bond acceptors (Lipinski definition) is 4. The van der Waals surface area contributed by atoms with E-state index in [0.717, 1.165) is 38.5 Å². The summed E-state index contributed by atoms with van der Waals surface area (Å²) >= 11 is 1.81. The van der Waals surface area contributed by atoms with Crippen LogP contribution in [0.3, 0.4) is 0 Å². The number of para-hydroxylation sites is 2. The second-order valence-electron chi connectivity index (χ2n) is 11.4. The number of benzene rings is 5. The van der Waals surface area contributed by atoms with E-state index in [1.165, 1.54) is 36.3 Å². The molecule has 0 spiro atoms. The topological polar surface area (TPSA) is 52.7 Å². The lowest BCUT2D eigenvalue weighted by Crippen LogP contribution is -2.20. The fourth-order valence-corrected chi connectivity index (χ4v) is 8.40. The molecule has 0 aliphatic rings. The Balaban J connectivity index is 1.41. The van der Waals surface area contributed by atoms with Gasteiger partial charge in [-0.25, -0.2) is 4.98 Å². The number of aromatic nitrogens is 4. The van der Waals surface area contributed by atoms with Gasteiger partial charge < -0.3 is 0 Å². The number of rotatable bonds is 2. The highest BCUT2D eigenvalue weighted by atomic mass is 32.1. The van der Waals surface area contributed by atoms with E-state index < -0.39 is 0 Å². The van der Waals surface area contributed by atoms with Gasteiger partial charge in [0.05, 0.1) is 32.2 Å². The average molecular weight is 595 g/mol. The van der Waals surface area contributed by atoms with Crippen molar-refractivity contribution in [1.82, 2.24) is 19.1 Å². The first-order chi connectivity index (χ1) is 22.3. The largest absolute Gasteiger partial charge is 0.292 e. The standard InChI is InChI=1S/C39H22N4OS/c44-39-28-21-33(41-22-29(28)36-31(18-10-20-40-36)42(39)23-11-2-1-3-12-23)43-30-17-8-6-15-26(30)34-24-13-4-5-14-25(24)35-27-16-7-9-19-32(27)45-38(35)37(34)43/h1-22H. The second-order valence-corrected chi connectivity index (χ2v) is 12.4. The molecule has 5 aromatic heterocycles. The molecular weight excluding hydrogens is 573 g/mol. The van der Waals surface area contributed by atoms with E-state index in [4.69, 9.17) is 9.97 Å². The van der Waals surface area contributed by atoms with Gasteiger partial charge in [0.25, 0.3) is 5.56 Å². The third-order valence-electron chi connectivity index (χ3n) is 9.00. The molecule has 210 valence electrons.